The molecule has 0 N–H and O–H groups in total. The number of benzene rings is 1. The Morgan fingerprint density at radius 3 is 3.20 bits per heavy atom. The third-order valence-corrected chi connectivity index (χ3v) is 4.81. The summed E-state index contributed by atoms with van der Waals surface area (Å²) < 4.78 is 5.53. The third kappa shape index (κ3) is 1.58. The number of hydrogen-bond acceptors (Lipinski definition) is 4. The van der Waals surface area contributed by atoms with Crippen molar-refractivity contribution >= 4 is 33.6 Å². The fraction of sp³-hybridized carbons (Fsp3) is 0.188. The first-order valence-electron chi connectivity index (χ1n) is 6.62. The topological polar surface area (TPSA) is 28.7 Å². The molecule has 100 valence electrons. The molecule has 2 aromatic rings. The maximum Gasteiger partial charge on any atom is 0.168 e. The van der Waals surface area contributed by atoms with Gasteiger partial charge in [-0.15, -0.1) is 0 Å². The maximum absolute atomic E-state index is 5.53. The van der Waals surface area contributed by atoms with Gasteiger partial charge in [-0.1, -0.05) is 12.7 Å². The van der Waals surface area contributed by atoms with Crippen LogP contribution in [0.2, 0.25) is 0 Å². The summed E-state index contributed by atoms with van der Waals surface area (Å²) in [6, 6.07) is 6.39. The van der Waals surface area contributed by atoms with Gasteiger partial charge in [0, 0.05) is 22.4 Å². The highest BCUT2D eigenvalue weighted by molar-refractivity contribution is 8.17. The monoisotopic (exact) mass is 282 g/mol. The first kappa shape index (κ1) is 11.9. The summed E-state index contributed by atoms with van der Waals surface area (Å²) in [4.78, 5) is 8.02. The van der Waals surface area contributed by atoms with E-state index in [1.165, 1.54) is 16.2 Å². The second kappa shape index (κ2) is 4.28. The second-order valence-corrected chi connectivity index (χ2v) is 5.98. The van der Waals surface area contributed by atoms with Gasteiger partial charge in [-0.2, -0.15) is 0 Å². The van der Waals surface area contributed by atoms with Crippen LogP contribution in [0.25, 0.3) is 16.7 Å². The molecule has 2 aliphatic heterocycles. The van der Waals surface area contributed by atoms with Crippen LogP contribution >= 0.6 is 11.8 Å². The number of thioether (sulfide) groups is 1. The van der Waals surface area contributed by atoms with E-state index >= 15 is 0 Å². The van der Waals surface area contributed by atoms with Crippen molar-refractivity contribution in [1.82, 2.24) is 4.90 Å². The van der Waals surface area contributed by atoms with Crippen molar-refractivity contribution < 1.29 is 4.42 Å². The summed E-state index contributed by atoms with van der Waals surface area (Å²) in [5.74, 6) is 0. The first-order valence-corrected chi connectivity index (χ1v) is 7.44. The van der Waals surface area contributed by atoms with Crippen LogP contribution < -0.4 is 0 Å². The Hall–Kier alpha value is -1.94. The van der Waals surface area contributed by atoms with Crippen molar-refractivity contribution in [2.75, 3.05) is 13.1 Å². The summed E-state index contributed by atoms with van der Waals surface area (Å²) in [6.07, 6.45) is 3.67. The van der Waals surface area contributed by atoms with Crippen LogP contribution in [-0.4, -0.2) is 23.2 Å². The van der Waals surface area contributed by atoms with Gasteiger partial charge in [0.2, 0.25) is 0 Å². The highest BCUT2D eigenvalue weighted by Crippen LogP contribution is 2.42. The standard InChI is InChI=1S/C16H14N2OS/c1-3-13-14(18-6-5-17-16(18)20-13)12-8-10(2)15-11(9-12)4-7-19-15/h3-4,7-9H,1,5-6H2,2H3. The minimum absolute atomic E-state index is 0.878. The van der Waals surface area contributed by atoms with Crippen LogP contribution in [0.5, 0.6) is 0 Å². The van der Waals surface area contributed by atoms with Crippen molar-refractivity contribution in [2.24, 2.45) is 4.99 Å². The lowest BCUT2D eigenvalue weighted by atomic mass is 10.0. The number of aryl methyl sites for hydroxylation is 1. The fourth-order valence-corrected chi connectivity index (χ4v) is 3.89. The fourth-order valence-electron chi connectivity index (χ4n) is 2.84. The average Bonchev–Trinajstić information content (AvgIpc) is 3.12. The normalized spacial score (nSPS) is 17.9. The van der Waals surface area contributed by atoms with E-state index in [9.17, 15) is 0 Å². The number of allylic oxidation sites excluding steroid dienone is 1. The van der Waals surface area contributed by atoms with Gasteiger partial charge in [0.15, 0.2) is 5.17 Å². The summed E-state index contributed by atoms with van der Waals surface area (Å²) in [7, 11) is 0. The molecular weight excluding hydrogens is 268 g/mol. The molecule has 3 nitrogen and oxygen atoms in total. The van der Waals surface area contributed by atoms with Gasteiger partial charge in [0.05, 0.1) is 18.5 Å². The molecule has 4 rings (SSSR count). The zero-order valence-electron chi connectivity index (χ0n) is 11.2. The van der Waals surface area contributed by atoms with E-state index in [0.717, 1.165) is 34.8 Å². The maximum atomic E-state index is 5.53. The molecule has 1 aromatic heterocycles. The van der Waals surface area contributed by atoms with Gasteiger partial charge in [-0.25, -0.2) is 0 Å². The molecule has 0 unspecified atom stereocenters. The molecule has 3 heterocycles. The van der Waals surface area contributed by atoms with E-state index < -0.39 is 0 Å². The SMILES string of the molecule is C=CC1=C(c2cc(C)c3occc3c2)N2CCN=C2S1. The van der Waals surface area contributed by atoms with E-state index in [2.05, 4.69) is 35.5 Å². The molecule has 0 amide bonds. The van der Waals surface area contributed by atoms with Crippen LogP contribution in [0.3, 0.4) is 0 Å². The number of furan rings is 1. The molecule has 0 saturated carbocycles. The molecule has 0 atom stereocenters. The molecule has 20 heavy (non-hydrogen) atoms. The molecule has 1 aromatic carbocycles. The summed E-state index contributed by atoms with van der Waals surface area (Å²) >= 11 is 1.71. The number of fused-ring (bicyclic) bond motifs is 2. The van der Waals surface area contributed by atoms with Crippen LogP contribution in [-0.2, 0) is 0 Å². The summed E-state index contributed by atoms with van der Waals surface area (Å²) in [5, 5.41) is 2.24. The molecule has 0 saturated heterocycles. The van der Waals surface area contributed by atoms with Crippen LogP contribution in [0.15, 0.2) is 51.4 Å². The molecule has 0 aliphatic carbocycles. The van der Waals surface area contributed by atoms with Gasteiger partial charge in [0.25, 0.3) is 0 Å². The zero-order valence-corrected chi connectivity index (χ0v) is 12.0. The van der Waals surface area contributed by atoms with Gasteiger partial charge in [-0.05, 0) is 42.4 Å². The zero-order chi connectivity index (χ0) is 13.7. The second-order valence-electron chi connectivity index (χ2n) is 4.97. The van der Waals surface area contributed by atoms with Crippen molar-refractivity contribution in [3.05, 3.63) is 53.1 Å². The smallest absolute Gasteiger partial charge is 0.168 e. The number of amidine groups is 1. The van der Waals surface area contributed by atoms with Crippen molar-refractivity contribution in [2.45, 2.75) is 6.92 Å². The molecule has 0 bridgehead atoms. The Bertz CT molecular complexity index is 785. The van der Waals surface area contributed by atoms with E-state index in [0.29, 0.717) is 0 Å². The lowest BCUT2D eigenvalue weighted by molar-refractivity contribution is 0.613. The number of aliphatic imine (C=N–C) groups is 1. The minimum Gasteiger partial charge on any atom is -0.464 e. The highest BCUT2D eigenvalue weighted by atomic mass is 32.2. The van der Waals surface area contributed by atoms with Crippen molar-refractivity contribution in [1.29, 1.82) is 0 Å². The van der Waals surface area contributed by atoms with Gasteiger partial charge >= 0.3 is 0 Å². The lowest BCUT2D eigenvalue weighted by Crippen LogP contribution is -2.20. The van der Waals surface area contributed by atoms with Crippen LogP contribution in [0.4, 0.5) is 0 Å². The minimum atomic E-state index is 0.878. The molecule has 2 aliphatic rings. The number of hydrogen-bond donors (Lipinski definition) is 0. The molecule has 0 spiro atoms. The number of nitrogens with zero attached hydrogens (tertiary/aromatic N) is 2. The van der Waals surface area contributed by atoms with E-state index in [4.69, 9.17) is 4.42 Å². The Morgan fingerprint density at radius 2 is 2.35 bits per heavy atom. The Labute approximate surface area is 121 Å². The Kier molecular flexibility index (Phi) is 2.54. The molecule has 0 fully saturated rings. The van der Waals surface area contributed by atoms with Crippen LogP contribution in [0, 0.1) is 6.92 Å². The van der Waals surface area contributed by atoms with Crippen LogP contribution in [0.1, 0.15) is 11.1 Å². The van der Waals surface area contributed by atoms with Crippen molar-refractivity contribution in [3.63, 3.8) is 0 Å². The Morgan fingerprint density at radius 1 is 1.45 bits per heavy atom. The first-order chi connectivity index (χ1) is 9.78. The third-order valence-electron chi connectivity index (χ3n) is 3.70. The van der Waals surface area contributed by atoms with Gasteiger partial charge in [0.1, 0.15) is 5.58 Å². The molecule has 0 radical (unpaired) electrons. The highest BCUT2D eigenvalue weighted by Gasteiger charge is 2.31. The summed E-state index contributed by atoms with van der Waals surface area (Å²) in [6.45, 7) is 7.86. The van der Waals surface area contributed by atoms with E-state index in [-0.39, 0.29) is 0 Å². The molecule has 4 heteroatoms. The predicted octanol–water partition coefficient (Wildman–Crippen LogP) is 4.01. The van der Waals surface area contributed by atoms with Gasteiger partial charge in [-0.3, -0.25) is 4.99 Å². The largest absolute Gasteiger partial charge is 0.464 e. The van der Waals surface area contributed by atoms with Gasteiger partial charge < -0.3 is 9.32 Å². The quantitative estimate of drug-likeness (QED) is 0.833. The predicted molar refractivity (Wildman–Crippen MR) is 84.7 cm³/mol. The number of rotatable bonds is 2. The summed E-state index contributed by atoms with van der Waals surface area (Å²) in [5.41, 5.74) is 4.57. The van der Waals surface area contributed by atoms with E-state index in [1.807, 2.05) is 12.1 Å². The Balaban J connectivity index is 1.92. The van der Waals surface area contributed by atoms with Crippen molar-refractivity contribution in [3.8, 4) is 0 Å². The molecular formula is C16H14N2OS. The van der Waals surface area contributed by atoms with E-state index in [1.54, 1.807) is 18.0 Å². The lowest BCUT2D eigenvalue weighted by Gasteiger charge is -2.17. The average molecular weight is 282 g/mol.